The fourth-order valence-corrected chi connectivity index (χ4v) is 4.53. The number of ether oxygens (including phenoxy) is 1. The number of hydrogen-bond donors (Lipinski definition) is 2. The number of aliphatic imine (C=N–C) groups is 1. The first-order valence-electron chi connectivity index (χ1n) is 10.6. The van der Waals surface area contributed by atoms with Crippen LogP contribution in [0.15, 0.2) is 38.9 Å². The van der Waals surface area contributed by atoms with Gasteiger partial charge in [0, 0.05) is 30.7 Å². The fourth-order valence-electron chi connectivity index (χ4n) is 4.17. The summed E-state index contributed by atoms with van der Waals surface area (Å²) in [6.07, 6.45) is 5.78. The quantitative estimate of drug-likeness (QED) is 0.396. The Bertz CT molecular complexity index is 909. The average Bonchev–Trinajstić information content (AvgIpc) is 2.79. The number of nitrogens with one attached hydrogen (secondary N) is 2. The first-order chi connectivity index (χ1) is 14.7. The number of halogens is 1. The molecule has 8 heteroatoms. The molecule has 2 aliphatic heterocycles. The van der Waals surface area contributed by atoms with E-state index in [-0.39, 0.29) is 5.57 Å². The summed E-state index contributed by atoms with van der Waals surface area (Å²) in [6.45, 7) is 3.54. The number of benzene rings is 1. The van der Waals surface area contributed by atoms with E-state index in [2.05, 4.69) is 37.5 Å². The van der Waals surface area contributed by atoms with Crippen LogP contribution in [-0.2, 0) is 9.53 Å². The Morgan fingerprint density at radius 1 is 1.27 bits per heavy atom. The molecule has 1 saturated carbocycles. The van der Waals surface area contributed by atoms with Crippen LogP contribution >= 0.6 is 15.9 Å². The van der Waals surface area contributed by atoms with Crippen LogP contribution in [0.2, 0.25) is 0 Å². The molecule has 4 rings (SSSR count). The smallest absolute Gasteiger partial charge is 0.351 e. The molecule has 0 unspecified atom stereocenters. The zero-order valence-electron chi connectivity index (χ0n) is 16.9. The summed E-state index contributed by atoms with van der Waals surface area (Å²) in [5.74, 6) is 0.439. The Labute approximate surface area is 185 Å². The second-order valence-corrected chi connectivity index (χ2v) is 8.84. The summed E-state index contributed by atoms with van der Waals surface area (Å²) in [5, 5.41) is 16.5. The molecule has 158 valence electrons. The highest BCUT2D eigenvalue weighted by Gasteiger charge is 2.30. The van der Waals surface area contributed by atoms with Gasteiger partial charge in [-0.05, 0) is 37.0 Å². The van der Waals surface area contributed by atoms with E-state index in [1.807, 2.05) is 18.2 Å². The molecule has 1 aliphatic carbocycles. The summed E-state index contributed by atoms with van der Waals surface area (Å²) in [4.78, 5) is 19.8. The number of piperazine rings is 1. The molecule has 0 bridgehead atoms. The molecule has 0 amide bonds. The minimum atomic E-state index is -0.577. The summed E-state index contributed by atoms with van der Waals surface area (Å²) < 4.78 is 6.48. The third kappa shape index (κ3) is 4.68. The van der Waals surface area contributed by atoms with Crippen molar-refractivity contribution in [3.63, 3.8) is 0 Å². The lowest BCUT2D eigenvalue weighted by Crippen LogP contribution is -2.48. The average molecular weight is 472 g/mol. The van der Waals surface area contributed by atoms with Gasteiger partial charge < -0.3 is 20.3 Å². The van der Waals surface area contributed by atoms with Crippen molar-refractivity contribution in [1.82, 2.24) is 10.2 Å². The number of nitriles is 1. The molecule has 0 atom stereocenters. The molecule has 1 saturated heterocycles. The van der Waals surface area contributed by atoms with E-state index in [0.717, 1.165) is 54.9 Å². The molecule has 2 heterocycles. The highest BCUT2D eigenvalue weighted by atomic mass is 79.9. The number of anilines is 1. The third-order valence-electron chi connectivity index (χ3n) is 5.83. The first-order valence-corrected chi connectivity index (χ1v) is 11.4. The Hall–Kier alpha value is -2.37. The van der Waals surface area contributed by atoms with Crippen LogP contribution < -0.4 is 10.6 Å². The number of carbonyl (C=O) groups is 1. The summed E-state index contributed by atoms with van der Waals surface area (Å²) in [7, 11) is 0. The summed E-state index contributed by atoms with van der Waals surface area (Å²) in [6, 6.07) is 7.82. The Balaban J connectivity index is 1.63. The van der Waals surface area contributed by atoms with Crippen LogP contribution in [0.4, 0.5) is 11.4 Å². The standard InChI is InChI=1S/C22H26BrN5O2/c23-16-6-7-18-19(12-16)26-20(21(27-18)28-10-8-25-9-11-28)17(13-24)22(29)30-14-15-4-2-1-3-5-15/h6-7,12,15,25-26H,1-5,8-11,14H2/b20-17-. The molecule has 0 aromatic heterocycles. The van der Waals surface area contributed by atoms with Crippen molar-refractivity contribution in [3.05, 3.63) is 33.9 Å². The fraction of sp³-hybridized carbons (Fsp3) is 0.500. The van der Waals surface area contributed by atoms with Gasteiger partial charge in [-0.25, -0.2) is 9.79 Å². The predicted octanol–water partition coefficient (Wildman–Crippen LogP) is 3.71. The van der Waals surface area contributed by atoms with E-state index in [9.17, 15) is 10.1 Å². The van der Waals surface area contributed by atoms with Crippen molar-refractivity contribution < 1.29 is 9.53 Å². The molecule has 1 aromatic rings. The van der Waals surface area contributed by atoms with Gasteiger partial charge in [0.2, 0.25) is 0 Å². The lowest BCUT2D eigenvalue weighted by Gasteiger charge is -2.34. The normalized spacial score (nSPS) is 21.1. The molecule has 7 nitrogen and oxygen atoms in total. The van der Waals surface area contributed by atoms with Gasteiger partial charge in [-0.1, -0.05) is 35.2 Å². The van der Waals surface area contributed by atoms with Gasteiger partial charge in [0.1, 0.15) is 11.8 Å². The highest BCUT2D eigenvalue weighted by molar-refractivity contribution is 9.10. The van der Waals surface area contributed by atoms with E-state index in [1.54, 1.807) is 0 Å². The zero-order valence-corrected chi connectivity index (χ0v) is 18.5. The predicted molar refractivity (Wildman–Crippen MR) is 119 cm³/mol. The maximum Gasteiger partial charge on any atom is 0.351 e. The summed E-state index contributed by atoms with van der Waals surface area (Å²) >= 11 is 3.47. The van der Waals surface area contributed by atoms with Crippen molar-refractivity contribution in [3.8, 4) is 6.07 Å². The minimum Gasteiger partial charge on any atom is -0.461 e. The van der Waals surface area contributed by atoms with E-state index >= 15 is 0 Å². The topological polar surface area (TPSA) is 89.8 Å². The number of nitrogens with zero attached hydrogens (tertiary/aromatic N) is 3. The van der Waals surface area contributed by atoms with Gasteiger partial charge >= 0.3 is 5.97 Å². The second kappa shape index (κ2) is 9.63. The molecule has 2 N–H and O–H groups in total. The number of fused-ring (bicyclic) bond motifs is 1. The number of carbonyl (C=O) groups excluding carboxylic acids is 1. The van der Waals surface area contributed by atoms with Crippen molar-refractivity contribution >= 4 is 39.1 Å². The molecule has 0 radical (unpaired) electrons. The lowest BCUT2D eigenvalue weighted by molar-refractivity contribution is -0.140. The molecule has 30 heavy (non-hydrogen) atoms. The number of hydrogen-bond acceptors (Lipinski definition) is 7. The van der Waals surface area contributed by atoms with Crippen LogP contribution in [0.3, 0.4) is 0 Å². The second-order valence-electron chi connectivity index (χ2n) is 7.92. The molecular formula is C22H26BrN5O2. The van der Waals surface area contributed by atoms with Crippen molar-refractivity contribution in [2.45, 2.75) is 32.1 Å². The van der Waals surface area contributed by atoms with Gasteiger partial charge in [-0.2, -0.15) is 5.26 Å². The van der Waals surface area contributed by atoms with Gasteiger partial charge in [-0.15, -0.1) is 0 Å². The first kappa shape index (κ1) is 20.9. The van der Waals surface area contributed by atoms with Crippen molar-refractivity contribution in [1.29, 1.82) is 5.26 Å². The van der Waals surface area contributed by atoms with E-state index in [0.29, 0.717) is 24.1 Å². The molecular weight excluding hydrogens is 446 g/mol. The van der Waals surface area contributed by atoms with E-state index in [4.69, 9.17) is 9.73 Å². The maximum atomic E-state index is 12.9. The van der Waals surface area contributed by atoms with Crippen LogP contribution in [0.1, 0.15) is 32.1 Å². The van der Waals surface area contributed by atoms with Crippen LogP contribution in [-0.4, -0.2) is 49.5 Å². The molecule has 0 spiro atoms. The number of amidine groups is 1. The monoisotopic (exact) mass is 471 g/mol. The van der Waals surface area contributed by atoms with Crippen molar-refractivity contribution in [2.75, 3.05) is 38.1 Å². The van der Waals surface area contributed by atoms with E-state index in [1.165, 1.54) is 19.3 Å². The summed E-state index contributed by atoms with van der Waals surface area (Å²) in [5.41, 5.74) is 1.95. The molecule has 2 fully saturated rings. The van der Waals surface area contributed by atoms with Gasteiger partial charge in [-0.3, -0.25) is 0 Å². The van der Waals surface area contributed by atoms with Crippen molar-refractivity contribution in [2.24, 2.45) is 10.9 Å². The Morgan fingerprint density at radius 3 is 2.77 bits per heavy atom. The highest BCUT2D eigenvalue weighted by Crippen LogP contribution is 2.35. The number of esters is 1. The van der Waals surface area contributed by atoms with Crippen LogP contribution in [0, 0.1) is 17.2 Å². The Kier molecular flexibility index (Phi) is 6.70. The third-order valence-corrected chi connectivity index (χ3v) is 6.32. The SMILES string of the molecule is N#C/C(C(=O)OCC1CCCCC1)=C1/Nc2cc(Br)ccc2N=C1N1CCNCC1. The maximum absolute atomic E-state index is 12.9. The van der Waals surface area contributed by atoms with Gasteiger partial charge in [0.05, 0.1) is 18.0 Å². The molecule has 1 aromatic carbocycles. The minimum absolute atomic E-state index is 0.0197. The number of rotatable bonds is 3. The van der Waals surface area contributed by atoms with Crippen LogP contribution in [0.5, 0.6) is 0 Å². The largest absolute Gasteiger partial charge is 0.461 e. The van der Waals surface area contributed by atoms with Gasteiger partial charge in [0.15, 0.2) is 11.4 Å². The molecule has 3 aliphatic rings. The van der Waals surface area contributed by atoms with Gasteiger partial charge in [0.25, 0.3) is 0 Å². The lowest BCUT2D eigenvalue weighted by atomic mass is 9.90. The van der Waals surface area contributed by atoms with Crippen LogP contribution in [0.25, 0.3) is 0 Å². The van der Waals surface area contributed by atoms with E-state index < -0.39 is 5.97 Å². The zero-order chi connectivity index (χ0) is 20.9. The Morgan fingerprint density at radius 2 is 2.03 bits per heavy atom.